The number of hydrogen-bond acceptors (Lipinski definition) is 2. The van der Waals surface area contributed by atoms with Crippen LogP contribution >= 0.6 is 27.5 Å². The minimum Gasteiger partial charge on any atom is -0.352 e. The smallest absolute Gasteiger partial charge is 0.252 e. The van der Waals surface area contributed by atoms with Crippen LogP contribution in [0.3, 0.4) is 0 Å². The number of carbonyl (C=O) groups is 1. The van der Waals surface area contributed by atoms with Crippen LogP contribution in [0.2, 0.25) is 5.02 Å². The first-order valence-corrected chi connectivity index (χ1v) is 7.79. The van der Waals surface area contributed by atoms with Crippen molar-refractivity contribution in [2.24, 2.45) is 0 Å². The summed E-state index contributed by atoms with van der Waals surface area (Å²) in [5.74, 6) is -0.104. The second kappa shape index (κ2) is 7.27. The van der Waals surface area contributed by atoms with E-state index in [1.54, 1.807) is 12.1 Å². The highest BCUT2D eigenvalue weighted by Crippen LogP contribution is 2.20. The second-order valence-corrected chi connectivity index (χ2v) is 6.11. The maximum absolute atomic E-state index is 12.0. The van der Waals surface area contributed by atoms with E-state index in [0.717, 1.165) is 17.4 Å². The average molecular weight is 346 g/mol. The van der Waals surface area contributed by atoms with Crippen molar-refractivity contribution >= 4 is 33.4 Å². The Kier molecular flexibility index (Phi) is 5.67. The van der Waals surface area contributed by atoms with Gasteiger partial charge in [-0.2, -0.15) is 0 Å². The number of amides is 1. The van der Waals surface area contributed by atoms with Crippen LogP contribution in [0.4, 0.5) is 0 Å². The van der Waals surface area contributed by atoms with Crippen LogP contribution in [0.1, 0.15) is 29.6 Å². The molecule has 19 heavy (non-hydrogen) atoms. The topological polar surface area (TPSA) is 32.3 Å². The summed E-state index contributed by atoms with van der Waals surface area (Å²) in [5, 5.41) is 3.41. The number of rotatable bonds is 5. The van der Waals surface area contributed by atoms with Crippen molar-refractivity contribution in [1.82, 2.24) is 10.2 Å². The minimum absolute atomic E-state index is 0.104. The fourth-order valence-electron chi connectivity index (χ4n) is 2.28. The van der Waals surface area contributed by atoms with Gasteiger partial charge in [0.1, 0.15) is 0 Å². The Hall–Kier alpha value is -0.580. The molecule has 0 aromatic heterocycles. The highest BCUT2D eigenvalue weighted by atomic mass is 79.9. The standard InChI is InChI=1S/C14H18BrClN2O/c15-11-4-5-13(16)12(10-11)14(19)17-6-3-9-18-7-1-2-8-18/h4-5,10H,1-3,6-9H2,(H,17,19). The SMILES string of the molecule is O=C(NCCCN1CCCC1)c1cc(Br)ccc1Cl. The predicted molar refractivity (Wildman–Crippen MR) is 81.8 cm³/mol. The van der Waals surface area contributed by atoms with Gasteiger partial charge in [0.05, 0.1) is 10.6 Å². The van der Waals surface area contributed by atoms with Crippen molar-refractivity contribution in [3.8, 4) is 0 Å². The molecule has 1 aliphatic heterocycles. The highest BCUT2D eigenvalue weighted by Gasteiger charge is 2.12. The maximum Gasteiger partial charge on any atom is 0.252 e. The molecular weight excluding hydrogens is 328 g/mol. The molecule has 0 radical (unpaired) electrons. The normalized spacial score (nSPS) is 15.7. The zero-order valence-electron chi connectivity index (χ0n) is 10.8. The van der Waals surface area contributed by atoms with Gasteiger partial charge in [-0.05, 0) is 57.1 Å². The lowest BCUT2D eigenvalue weighted by Crippen LogP contribution is -2.28. The maximum atomic E-state index is 12.0. The second-order valence-electron chi connectivity index (χ2n) is 4.78. The van der Waals surface area contributed by atoms with E-state index in [1.807, 2.05) is 6.07 Å². The Morgan fingerprint density at radius 2 is 2.11 bits per heavy atom. The van der Waals surface area contributed by atoms with Crippen LogP contribution in [0.15, 0.2) is 22.7 Å². The Bertz CT molecular complexity index is 447. The molecule has 1 aliphatic rings. The lowest BCUT2D eigenvalue weighted by molar-refractivity contribution is 0.0952. The molecule has 0 spiro atoms. The van der Waals surface area contributed by atoms with Crippen LogP contribution in [0.25, 0.3) is 0 Å². The molecule has 1 saturated heterocycles. The summed E-state index contributed by atoms with van der Waals surface area (Å²) >= 11 is 9.36. The Morgan fingerprint density at radius 1 is 1.37 bits per heavy atom. The van der Waals surface area contributed by atoms with Gasteiger partial charge in [0.15, 0.2) is 0 Å². The van der Waals surface area contributed by atoms with E-state index in [9.17, 15) is 4.79 Å². The number of nitrogens with zero attached hydrogens (tertiary/aromatic N) is 1. The molecule has 5 heteroatoms. The van der Waals surface area contributed by atoms with E-state index in [1.165, 1.54) is 25.9 Å². The van der Waals surface area contributed by atoms with Crippen LogP contribution in [-0.2, 0) is 0 Å². The van der Waals surface area contributed by atoms with Crippen LogP contribution in [0, 0.1) is 0 Å². The highest BCUT2D eigenvalue weighted by molar-refractivity contribution is 9.10. The molecular formula is C14H18BrClN2O. The van der Waals surface area contributed by atoms with Gasteiger partial charge in [-0.15, -0.1) is 0 Å². The van der Waals surface area contributed by atoms with Crippen molar-refractivity contribution < 1.29 is 4.79 Å². The summed E-state index contributed by atoms with van der Waals surface area (Å²) in [7, 11) is 0. The van der Waals surface area contributed by atoms with Gasteiger partial charge in [0.25, 0.3) is 5.91 Å². The summed E-state index contributed by atoms with van der Waals surface area (Å²) in [4.78, 5) is 14.4. The summed E-state index contributed by atoms with van der Waals surface area (Å²) < 4.78 is 0.860. The van der Waals surface area contributed by atoms with E-state index in [-0.39, 0.29) is 5.91 Å². The lowest BCUT2D eigenvalue weighted by Gasteiger charge is -2.14. The van der Waals surface area contributed by atoms with Crippen LogP contribution in [0.5, 0.6) is 0 Å². The van der Waals surface area contributed by atoms with Crippen molar-refractivity contribution in [3.63, 3.8) is 0 Å². The predicted octanol–water partition coefficient (Wildman–Crippen LogP) is 3.32. The van der Waals surface area contributed by atoms with Gasteiger partial charge in [0, 0.05) is 11.0 Å². The van der Waals surface area contributed by atoms with Crippen molar-refractivity contribution in [2.45, 2.75) is 19.3 Å². The summed E-state index contributed by atoms with van der Waals surface area (Å²) in [6.45, 7) is 4.15. The van der Waals surface area contributed by atoms with Crippen molar-refractivity contribution in [3.05, 3.63) is 33.3 Å². The quantitative estimate of drug-likeness (QED) is 0.830. The molecule has 1 fully saturated rings. The Morgan fingerprint density at radius 3 is 2.84 bits per heavy atom. The molecule has 1 amide bonds. The first-order chi connectivity index (χ1) is 9.16. The zero-order valence-corrected chi connectivity index (χ0v) is 13.1. The average Bonchev–Trinajstić information content (AvgIpc) is 2.90. The first kappa shape index (κ1) is 14.8. The molecule has 1 aromatic rings. The summed E-state index contributed by atoms with van der Waals surface area (Å²) in [5.41, 5.74) is 0.525. The third-order valence-electron chi connectivity index (χ3n) is 3.31. The van der Waals surface area contributed by atoms with E-state index >= 15 is 0 Å². The van der Waals surface area contributed by atoms with Gasteiger partial charge in [-0.25, -0.2) is 0 Å². The van der Waals surface area contributed by atoms with Crippen molar-refractivity contribution in [2.75, 3.05) is 26.2 Å². The van der Waals surface area contributed by atoms with Crippen molar-refractivity contribution in [1.29, 1.82) is 0 Å². The number of nitrogens with one attached hydrogen (secondary N) is 1. The molecule has 0 saturated carbocycles. The summed E-state index contributed by atoms with van der Waals surface area (Å²) in [6, 6.07) is 5.30. The van der Waals surface area contributed by atoms with Gasteiger partial charge in [-0.1, -0.05) is 27.5 Å². The van der Waals surface area contributed by atoms with Gasteiger partial charge in [0.2, 0.25) is 0 Å². The molecule has 1 N–H and O–H groups in total. The van der Waals surface area contributed by atoms with E-state index < -0.39 is 0 Å². The number of halogens is 2. The largest absolute Gasteiger partial charge is 0.352 e. The lowest BCUT2D eigenvalue weighted by atomic mass is 10.2. The Balaban J connectivity index is 1.75. The minimum atomic E-state index is -0.104. The number of benzene rings is 1. The summed E-state index contributed by atoms with van der Waals surface area (Å²) in [6.07, 6.45) is 3.59. The van der Waals surface area contributed by atoms with E-state index in [2.05, 4.69) is 26.1 Å². The first-order valence-electron chi connectivity index (χ1n) is 6.62. The molecule has 104 valence electrons. The van der Waals surface area contributed by atoms with Crippen LogP contribution < -0.4 is 5.32 Å². The van der Waals surface area contributed by atoms with Gasteiger partial charge >= 0.3 is 0 Å². The zero-order chi connectivity index (χ0) is 13.7. The molecule has 3 nitrogen and oxygen atoms in total. The van der Waals surface area contributed by atoms with Gasteiger partial charge < -0.3 is 10.2 Å². The fourth-order valence-corrected chi connectivity index (χ4v) is 2.84. The van der Waals surface area contributed by atoms with Gasteiger partial charge in [-0.3, -0.25) is 4.79 Å². The van der Waals surface area contributed by atoms with E-state index in [0.29, 0.717) is 17.1 Å². The molecule has 0 unspecified atom stereocenters. The molecule has 0 bridgehead atoms. The Labute approximate surface area is 127 Å². The molecule has 1 aromatic carbocycles. The number of likely N-dealkylation sites (tertiary alicyclic amines) is 1. The molecule has 1 heterocycles. The monoisotopic (exact) mass is 344 g/mol. The molecule has 0 aliphatic carbocycles. The third kappa shape index (κ3) is 4.48. The number of hydrogen-bond donors (Lipinski definition) is 1. The molecule has 2 rings (SSSR count). The third-order valence-corrected chi connectivity index (χ3v) is 4.13. The van der Waals surface area contributed by atoms with E-state index in [4.69, 9.17) is 11.6 Å². The number of carbonyl (C=O) groups excluding carboxylic acids is 1. The fraction of sp³-hybridized carbons (Fsp3) is 0.500. The van der Waals surface area contributed by atoms with Crippen LogP contribution in [-0.4, -0.2) is 37.0 Å². The molecule has 0 atom stereocenters.